The highest BCUT2D eigenvalue weighted by molar-refractivity contribution is 6.31. The van der Waals surface area contributed by atoms with Gasteiger partial charge < -0.3 is 5.32 Å². The van der Waals surface area contributed by atoms with Crippen LogP contribution in [0.3, 0.4) is 0 Å². The summed E-state index contributed by atoms with van der Waals surface area (Å²) in [6.07, 6.45) is 5.09. The van der Waals surface area contributed by atoms with Gasteiger partial charge in [-0.1, -0.05) is 38.4 Å². The Kier molecular flexibility index (Phi) is 5.21. The van der Waals surface area contributed by atoms with Crippen molar-refractivity contribution >= 4 is 11.6 Å². The van der Waals surface area contributed by atoms with Gasteiger partial charge in [-0.2, -0.15) is 5.10 Å². The number of halogens is 1. The Morgan fingerprint density at radius 1 is 1.30 bits per heavy atom. The molecule has 2 aromatic rings. The summed E-state index contributed by atoms with van der Waals surface area (Å²) in [5.41, 5.74) is 3.43. The molecule has 0 atom stereocenters. The van der Waals surface area contributed by atoms with E-state index in [-0.39, 0.29) is 0 Å². The van der Waals surface area contributed by atoms with Gasteiger partial charge in [0.05, 0.1) is 6.20 Å². The minimum atomic E-state index is 0.446. The van der Waals surface area contributed by atoms with Gasteiger partial charge >= 0.3 is 0 Å². The Labute approximate surface area is 126 Å². The molecule has 108 valence electrons. The van der Waals surface area contributed by atoms with E-state index in [1.165, 1.54) is 0 Å². The average molecular weight is 292 g/mol. The van der Waals surface area contributed by atoms with Gasteiger partial charge in [0.2, 0.25) is 0 Å². The number of hydrogen-bond donors (Lipinski definition) is 1. The van der Waals surface area contributed by atoms with E-state index < -0.39 is 0 Å². The molecular formula is C16H22ClN3. The first kappa shape index (κ1) is 15.1. The standard InChI is InChI=1S/C16H22ClN3/c1-4-7-20-11-15(10-19-20)13-5-6-16(17)14(8-13)9-18-12(2)3/h5-6,8,10-12,18H,4,7,9H2,1-3H3. The summed E-state index contributed by atoms with van der Waals surface area (Å²) in [4.78, 5) is 0. The molecule has 0 fully saturated rings. The van der Waals surface area contributed by atoms with Gasteiger partial charge in [-0.05, 0) is 29.7 Å². The fraction of sp³-hybridized carbons (Fsp3) is 0.438. The minimum absolute atomic E-state index is 0.446. The highest BCUT2D eigenvalue weighted by Crippen LogP contribution is 2.25. The molecule has 1 aromatic carbocycles. The van der Waals surface area contributed by atoms with Gasteiger partial charge in [0.1, 0.15) is 0 Å². The molecule has 0 bridgehead atoms. The quantitative estimate of drug-likeness (QED) is 0.868. The normalized spacial score (nSPS) is 11.2. The third-order valence-electron chi connectivity index (χ3n) is 3.17. The van der Waals surface area contributed by atoms with Crippen LogP contribution in [0.1, 0.15) is 32.8 Å². The maximum Gasteiger partial charge on any atom is 0.0568 e. The third kappa shape index (κ3) is 3.84. The maximum atomic E-state index is 6.26. The smallest absolute Gasteiger partial charge is 0.0568 e. The first-order chi connectivity index (χ1) is 9.60. The molecule has 20 heavy (non-hydrogen) atoms. The van der Waals surface area contributed by atoms with E-state index in [2.05, 4.69) is 49.5 Å². The average Bonchev–Trinajstić information content (AvgIpc) is 2.87. The van der Waals surface area contributed by atoms with Crippen LogP contribution in [0.25, 0.3) is 11.1 Å². The second-order valence-corrected chi connectivity index (χ2v) is 5.74. The van der Waals surface area contributed by atoms with Crippen LogP contribution < -0.4 is 5.32 Å². The molecule has 0 saturated heterocycles. The topological polar surface area (TPSA) is 29.9 Å². The highest BCUT2D eigenvalue weighted by Gasteiger charge is 2.06. The number of aromatic nitrogens is 2. The largest absolute Gasteiger partial charge is 0.310 e. The summed E-state index contributed by atoms with van der Waals surface area (Å²) in [5, 5.41) is 8.59. The molecule has 0 spiro atoms. The van der Waals surface area contributed by atoms with Crippen LogP contribution in [0.4, 0.5) is 0 Å². The fourth-order valence-electron chi connectivity index (χ4n) is 2.07. The van der Waals surface area contributed by atoms with Crippen molar-refractivity contribution in [2.45, 2.75) is 46.3 Å². The van der Waals surface area contributed by atoms with Gasteiger partial charge in [-0.3, -0.25) is 4.68 Å². The zero-order chi connectivity index (χ0) is 14.5. The van der Waals surface area contributed by atoms with E-state index in [0.29, 0.717) is 6.04 Å². The van der Waals surface area contributed by atoms with Crippen LogP contribution in [-0.2, 0) is 13.1 Å². The van der Waals surface area contributed by atoms with E-state index in [9.17, 15) is 0 Å². The lowest BCUT2D eigenvalue weighted by Crippen LogP contribution is -2.21. The van der Waals surface area contributed by atoms with Crippen molar-refractivity contribution in [3.05, 3.63) is 41.2 Å². The number of benzene rings is 1. The molecular weight excluding hydrogens is 270 g/mol. The van der Waals surface area contributed by atoms with Crippen molar-refractivity contribution in [2.24, 2.45) is 0 Å². The number of nitrogens with zero attached hydrogens (tertiary/aromatic N) is 2. The second-order valence-electron chi connectivity index (χ2n) is 5.33. The van der Waals surface area contributed by atoms with Crippen molar-refractivity contribution in [3.8, 4) is 11.1 Å². The molecule has 1 heterocycles. The van der Waals surface area contributed by atoms with E-state index in [0.717, 1.165) is 41.2 Å². The monoisotopic (exact) mass is 291 g/mol. The van der Waals surface area contributed by atoms with Crippen molar-refractivity contribution in [1.29, 1.82) is 0 Å². The van der Waals surface area contributed by atoms with Crippen LogP contribution in [0.2, 0.25) is 5.02 Å². The fourth-order valence-corrected chi connectivity index (χ4v) is 2.25. The van der Waals surface area contributed by atoms with E-state index in [1.54, 1.807) is 0 Å². The Balaban J connectivity index is 2.20. The zero-order valence-electron chi connectivity index (χ0n) is 12.4. The summed E-state index contributed by atoms with van der Waals surface area (Å²) in [6.45, 7) is 8.15. The van der Waals surface area contributed by atoms with Gasteiger partial charge in [-0.25, -0.2) is 0 Å². The summed E-state index contributed by atoms with van der Waals surface area (Å²) in [5.74, 6) is 0. The number of aryl methyl sites for hydroxylation is 1. The molecule has 1 N–H and O–H groups in total. The summed E-state index contributed by atoms with van der Waals surface area (Å²) in [6, 6.07) is 6.60. The number of nitrogens with one attached hydrogen (secondary N) is 1. The Hall–Kier alpha value is -1.32. The molecule has 1 aromatic heterocycles. The van der Waals surface area contributed by atoms with Crippen molar-refractivity contribution < 1.29 is 0 Å². The second kappa shape index (κ2) is 6.91. The first-order valence-electron chi connectivity index (χ1n) is 7.14. The minimum Gasteiger partial charge on any atom is -0.310 e. The first-order valence-corrected chi connectivity index (χ1v) is 7.52. The van der Waals surface area contributed by atoms with Gasteiger partial charge in [0.25, 0.3) is 0 Å². The molecule has 0 unspecified atom stereocenters. The molecule has 0 amide bonds. The van der Waals surface area contributed by atoms with Crippen LogP contribution in [-0.4, -0.2) is 15.8 Å². The molecule has 0 aliphatic rings. The van der Waals surface area contributed by atoms with Gasteiger partial charge in [0.15, 0.2) is 0 Å². The van der Waals surface area contributed by atoms with Crippen LogP contribution in [0.15, 0.2) is 30.6 Å². The molecule has 0 radical (unpaired) electrons. The number of rotatable bonds is 6. The third-order valence-corrected chi connectivity index (χ3v) is 3.53. The molecule has 0 aliphatic carbocycles. The SMILES string of the molecule is CCCn1cc(-c2ccc(Cl)c(CNC(C)C)c2)cn1. The van der Waals surface area contributed by atoms with Gasteiger partial charge in [-0.15, -0.1) is 0 Å². The van der Waals surface area contributed by atoms with Crippen molar-refractivity contribution in [1.82, 2.24) is 15.1 Å². The van der Waals surface area contributed by atoms with E-state index in [4.69, 9.17) is 11.6 Å². The van der Waals surface area contributed by atoms with Crippen molar-refractivity contribution in [3.63, 3.8) is 0 Å². The van der Waals surface area contributed by atoms with E-state index >= 15 is 0 Å². The van der Waals surface area contributed by atoms with Crippen LogP contribution in [0, 0.1) is 0 Å². The number of hydrogen-bond acceptors (Lipinski definition) is 2. The molecule has 3 nitrogen and oxygen atoms in total. The predicted octanol–water partition coefficient (Wildman–Crippen LogP) is 4.11. The lowest BCUT2D eigenvalue weighted by molar-refractivity contribution is 0.589. The summed E-state index contributed by atoms with van der Waals surface area (Å²) in [7, 11) is 0. The van der Waals surface area contributed by atoms with Crippen molar-refractivity contribution in [2.75, 3.05) is 0 Å². The molecule has 0 saturated carbocycles. The Morgan fingerprint density at radius 3 is 2.80 bits per heavy atom. The highest BCUT2D eigenvalue weighted by atomic mass is 35.5. The van der Waals surface area contributed by atoms with Crippen LogP contribution in [0.5, 0.6) is 0 Å². The lowest BCUT2D eigenvalue weighted by atomic mass is 10.1. The zero-order valence-corrected chi connectivity index (χ0v) is 13.1. The molecule has 2 rings (SSSR count). The Bertz CT molecular complexity index is 561. The molecule has 0 aliphatic heterocycles. The summed E-state index contributed by atoms with van der Waals surface area (Å²) < 4.78 is 1.98. The van der Waals surface area contributed by atoms with E-state index in [1.807, 2.05) is 16.9 Å². The Morgan fingerprint density at radius 2 is 2.10 bits per heavy atom. The lowest BCUT2D eigenvalue weighted by Gasteiger charge is -2.10. The molecule has 4 heteroatoms. The van der Waals surface area contributed by atoms with Gasteiger partial charge in [0, 0.05) is 35.9 Å². The predicted molar refractivity (Wildman–Crippen MR) is 84.9 cm³/mol. The van der Waals surface area contributed by atoms with Crippen LogP contribution >= 0.6 is 11.6 Å². The summed E-state index contributed by atoms with van der Waals surface area (Å²) >= 11 is 6.26. The maximum absolute atomic E-state index is 6.26.